The Hall–Kier alpha value is -4.94. The fourth-order valence-electron chi connectivity index (χ4n) is 5.85. The zero-order chi connectivity index (χ0) is 34.8. The number of ketones is 1. The first-order valence-corrected chi connectivity index (χ1v) is 16.3. The normalized spacial score (nSPS) is 18.1. The van der Waals surface area contributed by atoms with Crippen LogP contribution in [0.25, 0.3) is 11.0 Å². The lowest BCUT2D eigenvalue weighted by molar-refractivity contribution is -0.120. The molecule has 13 nitrogen and oxygen atoms in total. The molecule has 0 bridgehead atoms. The highest BCUT2D eigenvalue weighted by molar-refractivity contribution is 6.04. The minimum absolute atomic E-state index is 0.259. The predicted molar refractivity (Wildman–Crippen MR) is 179 cm³/mol. The average molecular weight is 661 g/mol. The maximum atomic E-state index is 13.1. The molecule has 13 heteroatoms. The third-order valence-corrected chi connectivity index (χ3v) is 8.01. The molecule has 3 heterocycles. The monoisotopic (exact) mass is 660 g/mol. The van der Waals surface area contributed by atoms with Crippen molar-refractivity contribution < 1.29 is 33.4 Å². The summed E-state index contributed by atoms with van der Waals surface area (Å²) in [5.74, 6) is -0.529. The largest absolute Gasteiger partial charge is 0.444 e. The number of hydrogen-bond acceptors (Lipinski definition) is 8. The molecule has 2 aliphatic rings. The molecule has 256 valence electrons. The van der Waals surface area contributed by atoms with E-state index in [2.05, 4.69) is 20.6 Å². The van der Waals surface area contributed by atoms with Crippen LogP contribution in [0.5, 0.6) is 0 Å². The van der Waals surface area contributed by atoms with Crippen LogP contribution in [0.3, 0.4) is 0 Å². The number of carbonyl (C=O) groups is 5. The molecule has 5 rings (SSSR count). The van der Waals surface area contributed by atoms with Crippen molar-refractivity contribution in [3.63, 3.8) is 0 Å². The fourth-order valence-corrected chi connectivity index (χ4v) is 5.85. The van der Waals surface area contributed by atoms with Gasteiger partial charge < -0.3 is 25.1 Å². The molecular weight excluding hydrogens is 616 g/mol. The summed E-state index contributed by atoms with van der Waals surface area (Å²) in [5.41, 5.74) is 1.04. The number of H-pyrrole nitrogens is 1. The number of anilines is 1. The van der Waals surface area contributed by atoms with Crippen LogP contribution in [0.4, 0.5) is 15.3 Å². The van der Waals surface area contributed by atoms with Crippen LogP contribution in [0.1, 0.15) is 99.8 Å². The Morgan fingerprint density at radius 2 is 1.52 bits per heavy atom. The number of aromatic nitrogens is 2. The minimum atomic E-state index is -0.678. The van der Waals surface area contributed by atoms with E-state index >= 15 is 0 Å². The van der Waals surface area contributed by atoms with E-state index in [0.29, 0.717) is 54.1 Å². The molecule has 1 aromatic heterocycles. The summed E-state index contributed by atoms with van der Waals surface area (Å²) < 4.78 is 11.0. The van der Waals surface area contributed by atoms with E-state index in [-0.39, 0.29) is 30.4 Å². The van der Waals surface area contributed by atoms with Crippen molar-refractivity contribution in [2.24, 2.45) is 0 Å². The van der Waals surface area contributed by atoms with Crippen molar-refractivity contribution in [1.82, 2.24) is 25.1 Å². The fraction of sp³-hybridized carbons (Fsp3) is 0.486. The Balaban J connectivity index is 1.18. The van der Waals surface area contributed by atoms with Crippen molar-refractivity contribution >= 4 is 46.5 Å². The molecule has 2 aromatic carbocycles. The van der Waals surface area contributed by atoms with E-state index in [9.17, 15) is 24.0 Å². The number of nitrogens with zero attached hydrogens (tertiary/aromatic N) is 3. The predicted octanol–water partition coefficient (Wildman–Crippen LogP) is 5.59. The standard InChI is InChI=1S/C35H44N6O7/c1-34(2,3)47-32(45)40-16-8-12-26(40)29-38-24-15-14-22(19-25(24)39-29)30(43)36-20-28(42)21-10-7-11-23(18-21)37-31(44)27-13-9-17-41(27)33(46)48-35(4,5)6/h7,10-11,14-15,18-19,26-27H,8-9,12-13,16-17,20H2,1-6H3,(H,36,43)(H,37,44)(H,38,39)/t26-,27-/m0/s1. The van der Waals surface area contributed by atoms with Gasteiger partial charge >= 0.3 is 12.2 Å². The topological polar surface area (TPSA) is 163 Å². The molecule has 0 radical (unpaired) electrons. The highest BCUT2D eigenvalue weighted by Gasteiger charge is 2.37. The summed E-state index contributed by atoms with van der Waals surface area (Å²) in [4.78, 5) is 75.6. The van der Waals surface area contributed by atoms with E-state index in [1.807, 2.05) is 20.8 Å². The van der Waals surface area contributed by atoms with Crippen LogP contribution in [0.15, 0.2) is 42.5 Å². The molecular formula is C35H44N6O7. The van der Waals surface area contributed by atoms with Crippen molar-refractivity contribution in [2.45, 2.75) is 90.5 Å². The molecule has 3 N–H and O–H groups in total. The maximum Gasteiger partial charge on any atom is 0.410 e. The van der Waals surface area contributed by atoms with Gasteiger partial charge in [-0.05, 0) is 97.6 Å². The number of nitrogens with one attached hydrogen (secondary N) is 3. The van der Waals surface area contributed by atoms with Gasteiger partial charge in [0, 0.05) is 29.9 Å². The lowest BCUT2D eigenvalue weighted by Crippen LogP contribution is -2.45. The number of Topliss-reactive ketones (excluding diaryl/α,β-unsaturated/α-hetero) is 1. The molecule has 2 aliphatic heterocycles. The number of carbonyl (C=O) groups excluding carboxylic acids is 5. The SMILES string of the molecule is CC(C)(C)OC(=O)N1CCC[C@H]1C(=O)Nc1cccc(C(=O)CNC(=O)c2ccc3[nH]c([C@@H]4CCCN4C(=O)OC(C)(C)C)nc3c2)c1. The van der Waals surface area contributed by atoms with Crippen LogP contribution in [0, 0.1) is 0 Å². The van der Waals surface area contributed by atoms with Crippen LogP contribution >= 0.6 is 0 Å². The first-order chi connectivity index (χ1) is 22.6. The van der Waals surface area contributed by atoms with E-state index < -0.39 is 29.2 Å². The molecule has 0 saturated carbocycles. The van der Waals surface area contributed by atoms with Crippen molar-refractivity contribution in [2.75, 3.05) is 25.0 Å². The van der Waals surface area contributed by atoms with Gasteiger partial charge in [0.05, 0.1) is 23.6 Å². The zero-order valence-corrected chi connectivity index (χ0v) is 28.3. The molecule has 0 unspecified atom stereocenters. The van der Waals surface area contributed by atoms with Gasteiger partial charge in [-0.25, -0.2) is 14.6 Å². The Kier molecular flexibility index (Phi) is 9.79. The summed E-state index contributed by atoms with van der Waals surface area (Å²) in [5, 5.41) is 5.48. The average Bonchev–Trinajstić information content (AvgIpc) is 3.77. The molecule has 3 aromatic rings. The number of ether oxygens (including phenoxy) is 2. The first kappa shape index (κ1) is 34.4. The second-order valence-corrected chi connectivity index (χ2v) is 14.2. The second kappa shape index (κ2) is 13.7. The number of amides is 4. The lowest BCUT2D eigenvalue weighted by atomic mass is 10.1. The van der Waals surface area contributed by atoms with Gasteiger partial charge in [0.25, 0.3) is 5.91 Å². The lowest BCUT2D eigenvalue weighted by Gasteiger charge is -2.28. The van der Waals surface area contributed by atoms with Gasteiger partial charge in [-0.15, -0.1) is 0 Å². The van der Waals surface area contributed by atoms with Crippen LogP contribution in [-0.2, 0) is 14.3 Å². The number of benzene rings is 2. The van der Waals surface area contributed by atoms with E-state index in [0.717, 1.165) is 18.4 Å². The Labute approximate surface area is 279 Å². The van der Waals surface area contributed by atoms with Gasteiger partial charge in [0.15, 0.2) is 5.78 Å². The first-order valence-electron chi connectivity index (χ1n) is 16.3. The second-order valence-electron chi connectivity index (χ2n) is 14.2. The summed E-state index contributed by atoms with van der Waals surface area (Å²) in [6, 6.07) is 10.5. The van der Waals surface area contributed by atoms with E-state index in [1.54, 1.807) is 68.1 Å². The summed E-state index contributed by atoms with van der Waals surface area (Å²) >= 11 is 0. The summed E-state index contributed by atoms with van der Waals surface area (Å²) in [6.07, 6.45) is 1.82. The molecule has 2 fully saturated rings. The minimum Gasteiger partial charge on any atom is -0.444 e. The van der Waals surface area contributed by atoms with E-state index in [1.165, 1.54) is 4.90 Å². The highest BCUT2D eigenvalue weighted by Crippen LogP contribution is 2.33. The van der Waals surface area contributed by atoms with Gasteiger partial charge in [-0.1, -0.05) is 12.1 Å². The molecule has 0 aliphatic carbocycles. The van der Waals surface area contributed by atoms with Gasteiger partial charge in [0.1, 0.15) is 23.1 Å². The molecule has 2 atom stereocenters. The smallest absolute Gasteiger partial charge is 0.410 e. The van der Waals surface area contributed by atoms with E-state index in [4.69, 9.17) is 9.47 Å². The number of aromatic amines is 1. The summed E-state index contributed by atoms with van der Waals surface area (Å²) in [7, 11) is 0. The molecule has 48 heavy (non-hydrogen) atoms. The Morgan fingerprint density at radius 3 is 2.23 bits per heavy atom. The third kappa shape index (κ3) is 8.31. The number of imidazole rings is 1. The zero-order valence-electron chi connectivity index (χ0n) is 28.3. The van der Waals surface area contributed by atoms with Gasteiger partial charge in [0.2, 0.25) is 5.91 Å². The van der Waals surface area contributed by atoms with Crippen LogP contribution in [-0.4, -0.2) is 86.4 Å². The quantitative estimate of drug-likeness (QED) is 0.277. The molecule has 2 saturated heterocycles. The number of fused-ring (bicyclic) bond motifs is 1. The van der Waals surface area contributed by atoms with Gasteiger partial charge in [-0.2, -0.15) is 0 Å². The van der Waals surface area contributed by atoms with Gasteiger partial charge in [-0.3, -0.25) is 24.2 Å². The summed E-state index contributed by atoms with van der Waals surface area (Å²) in [6.45, 7) is 11.5. The van der Waals surface area contributed by atoms with Crippen molar-refractivity contribution in [3.05, 3.63) is 59.4 Å². The number of likely N-dealkylation sites (tertiary alicyclic amines) is 2. The Morgan fingerprint density at radius 1 is 0.854 bits per heavy atom. The number of hydrogen-bond donors (Lipinski definition) is 3. The van der Waals surface area contributed by atoms with Crippen LogP contribution in [0.2, 0.25) is 0 Å². The van der Waals surface area contributed by atoms with Crippen molar-refractivity contribution in [3.8, 4) is 0 Å². The maximum absolute atomic E-state index is 13.1. The molecule has 4 amide bonds. The highest BCUT2D eigenvalue weighted by atomic mass is 16.6. The van der Waals surface area contributed by atoms with Crippen LogP contribution < -0.4 is 10.6 Å². The van der Waals surface area contributed by atoms with Crippen molar-refractivity contribution in [1.29, 1.82) is 0 Å². The molecule has 0 spiro atoms. The Bertz CT molecular complexity index is 1720. The number of rotatable bonds is 7. The third-order valence-electron chi connectivity index (χ3n) is 8.01.